The van der Waals surface area contributed by atoms with Crippen LogP contribution in [0.15, 0.2) is 41.8 Å². The summed E-state index contributed by atoms with van der Waals surface area (Å²) in [4.78, 5) is 35.1. The number of nitrogens with zero attached hydrogens (tertiary/aromatic N) is 2. The normalized spacial score (nSPS) is 26.7. The number of carbonyl (C=O) groups is 1. The molecule has 4 bridgehead atoms. The topological polar surface area (TPSA) is 83.7 Å². The van der Waals surface area contributed by atoms with Crippen molar-refractivity contribution < 1.29 is 14.4 Å². The van der Waals surface area contributed by atoms with E-state index < -0.39 is 0 Å². The van der Waals surface area contributed by atoms with Crippen molar-refractivity contribution in [2.24, 2.45) is 23.5 Å². The predicted molar refractivity (Wildman–Crippen MR) is 213 cm³/mol. The fourth-order valence-electron chi connectivity index (χ4n) is 8.18. The van der Waals surface area contributed by atoms with Gasteiger partial charge in [0.2, 0.25) is 0 Å². The zero-order valence-electron chi connectivity index (χ0n) is 28.6. The first-order chi connectivity index (χ1) is 23.2. The van der Waals surface area contributed by atoms with Gasteiger partial charge in [0.25, 0.3) is 0 Å². The second kappa shape index (κ2) is 17.3. The Bertz CT molecular complexity index is 1820. The maximum absolute atomic E-state index is 13.0. The highest BCUT2D eigenvalue weighted by atomic mass is 35.5. The molecule has 272 valence electrons. The number of nitrogens with two attached hydrogens (primary N) is 1. The molecule has 4 aromatic rings. The summed E-state index contributed by atoms with van der Waals surface area (Å²) in [5.41, 5.74) is 6.54. The molecule has 8 heterocycles. The van der Waals surface area contributed by atoms with E-state index in [1.54, 1.807) is 17.4 Å². The lowest BCUT2D eigenvalue weighted by Crippen LogP contribution is -2.67. The molecule has 2 N–H and O–H groups in total. The number of ketones is 1. The van der Waals surface area contributed by atoms with E-state index in [2.05, 4.69) is 37.5 Å². The van der Waals surface area contributed by atoms with Gasteiger partial charge in [0.15, 0.2) is 5.78 Å². The van der Waals surface area contributed by atoms with E-state index in [0.717, 1.165) is 31.0 Å². The first-order valence-corrected chi connectivity index (χ1v) is 19.9. The minimum absolute atomic E-state index is 0. The van der Waals surface area contributed by atoms with Gasteiger partial charge in [0.05, 0.1) is 34.4 Å². The third-order valence-electron chi connectivity index (χ3n) is 11.3. The van der Waals surface area contributed by atoms with Gasteiger partial charge < -0.3 is 5.73 Å². The number of Topliss-reactive ketones (excluding diaryl/α,β-unsaturated/α-hetero) is 1. The molecule has 2 aromatic heterocycles. The Labute approximate surface area is 329 Å². The average molecular weight is 820 g/mol. The molecule has 6 aliphatic rings. The zero-order valence-corrected chi connectivity index (χ0v) is 34.1. The molecule has 0 spiro atoms. The highest BCUT2D eigenvalue weighted by Crippen LogP contribution is 2.46. The minimum Gasteiger partial charge on any atom is -0.326 e. The number of hydrogen-bond acceptors (Lipinski definition) is 8. The Balaban J connectivity index is 0.000000180. The molecule has 2 atom stereocenters. The van der Waals surface area contributed by atoms with Crippen LogP contribution < -0.4 is 5.73 Å². The molecule has 2 aromatic carbocycles. The number of carbonyl (C=O) groups excluding carboxylic acids is 3. The van der Waals surface area contributed by atoms with E-state index in [-0.39, 0.29) is 35.4 Å². The van der Waals surface area contributed by atoms with E-state index in [4.69, 9.17) is 61.7 Å². The fourth-order valence-corrected chi connectivity index (χ4v) is 11.1. The van der Waals surface area contributed by atoms with Crippen LogP contribution in [0.5, 0.6) is 0 Å². The van der Waals surface area contributed by atoms with Crippen LogP contribution in [0.4, 0.5) is 0 Å². The van der Waals surface area contributed by atoms with Crippen molar-refractivity contribution in [3.63, 3.8) is 0 Å². The average Bonchev–Trinajstić information content (AvgIpc) is 3.75. The number of benzene rings is 2. The molecule has 0 aliphatic carbocycles. The van der Waals surface area contributed by atoms with Crippen LogP contribution in [0, 0.1) is 17.8 Å². The van der Waals surface area contributed by atoms with Gasteiger partial charge in [-0.15, -0.1) is 35.1 Å². The number of piperidine rings is 6. The van der Waals surface area contributed by atoms with Crippen LogP contribution in [0.3, 0.4) is 0 Å². The predicted octanol–water partition coefficient (Wildman–Crippen LogP) is 10.8. The van der Waals surface area contributed by atoms with Crippen LogP contribution in [0.25, 0.3) is 20.2 Å². The van der Waals surface area contributed by atoms with Gasteiger partial charge >= 0.3 is 6.15 Å². The summed E-state index contributed by atoms with van der Waals surface area (Å²) in [5.74, 6) is 2.17. The standard InChI is InChI=1S/C19H21Cl2NOS.C9H18N2.C8H4Cl2S.CO2.ClH/c1-19(2)13(11-5-7-22(19)8-6-11)10-15(23)16-9-12-3-4-14(20)17(21)18(12)24-16;1-9(2)8(10)7-3-5-11(9)6-4-7;9-6-2-1-5-3-4-11-8(5)7(6)10;2-1-3;/h3-4,9,11,13H,5-8,10H2,1-2H3;7-8H,3-6,10H2,1-2H3;1-4H;;1H/t13-;8-;;;/m11.../s1. The fraction of sp³-hybridized carbons (Fsp3) is 0.514. The molecule has 6 nitrogen and oxygen atoms in total. The summed E-state index contributed by atoms with van der Waals surface area (Å²) in [6.07, 6.45) is 5.99. The van der Waals surface area contributed by atoms with Crippen molar-refractivity contribution in [1.82, 2.24) is 9.80 Å². The van der Waals surface area contributed by atoms with Crippen molar-refractivity contribution in [3.05, 3.63) is 66.7 Å². The molecule has 0 amide bonds. The summed E-state index contributed by atoms with van der Waals surface area (Å²) in [6, 6.07) is 11.9. The first kappa shape index (κ1) is 41.5. The quantitative estimate of drug-likeness (QED) is 0.207. The van der Waals surface area contributed by atoms with E-state index in [0.29, 0.717) is 44.4 Å². The van der Waals surface area contributed by atoms with Gasteiger partial charge in [-0.1, -0.05) is 58.5 Å². The maximum atomic E-state index is 13.0. The first-order valence-electron chi connectivity index (χ1n) is 16.7. The Hall–Kier alpha value is -1.26. The number of fused-ring (bicyclic) bond motifs is 8. The second-order valence-corrected chi connectivity index (χ2v) is 17.9. The van der Waals surface area contributed by atoms with Crippen molar-refractivity contribution in [1.29, 1.82) is 0 Å². The number of rotatable bonds is 3. The van der Waals surface area contributed by atoms with Crippen LogP contribution in [0.1, 0.15) is 69.5 Å². The molecule has 6 fully saturated rings. The van der Waals surface area contributed by atoms with E-state index in [1.807, 2.05) is 35.7 Å². The monoisotopic (exact) mass is 817 g/mol. The van der Waals surface area contributed by atoms with Crippen LogP contribution in [-0.4, -0.2) is 65.0 Å². The van der Waals surface area contributed by atoms with Gasteiger partial charge in [0, 0.05) is 23.5 Å². The molecule has 50 heavy (non-hydrogen) atoms. The molecule has 0 radical (unpaired) electrons. The Morgan fingerprint density at radius 2 is 1.30 bits per heavy atom. The van der Waals surface area contributed by atoms with E-state index in [1.165, 1.54) is 63.2 Å². The van der Waals surface area contributed by atoms with E-state index in [9.17, 15) is 4.79 Å². The molecule has 10 rings (SSSR count). The van der Waals surface area contributed by atoms with Gasteiger partial charge in [-0.3, -0.25) is 14.6 Å². The van der Waals surface area contributed by atoms with Crippen molar-refractivity contribution in [3.8, 4) is 0 Å². The van der Waals surface area contributed by atoms with Crippen molar-refractivity contribution in [2.75, 3.05) is 26.2 Å². The molecule has 6 saturated heterocycles. The second-order valence-electron chi connectivity index (χ2n) is 14.4. The van der Waals surface area contributed by atoms with Crippen LogP contribution in [-0.2, 0) is 9.59 Å². The summed E-state index contributed by atoms with van der Waals surface area (Å²) in [6.45, 7) is 14.1. The lowest BCUT2D eigenvalue weighted by Gasteiger charge is -2.56. The molecule has 0 saturated carbocycles. The van der Waals surface area contributed by atoms with Gasteiger partial charge in [-0.2, -0.15) is 9.59 Å². The summed E-state index contributed by atoms with van der Waals surface area (Å²) < 4.78 is 1.99. The summed E-state index contributed by atoms with van der Waals surface area (Å²) in [5, 5.41) is 6.56. The lowest BCUT2D eigenvalue weighted by molar-refractivity contribution is -0.191. The maximum Gasteiger partial charge on any atom is 0.373 e. The number of halogens is 5. The molecule has 0 unspecified atom stereocenters. The molecular weight excluding hydrogens is 776 g/mol. The molecular formula is C37H44Cl5N3O3S2. The van der Waals surface area contributed by atoms with Gasteiger partial charge in [-0.05, 0) is 138 Å². The van der Waals surface area contributed by atoms with Crippen LogP contribution >= 0.6 is 81.5 Å². The molecule has 6 aliphatic heterocycles. The number of thiophene rings is 2. The Morgan fingerprint density at radius 3 is 1.80 bits per heavy atom. The third kappa shape index (κ3) is 8.58. The van der Waals surface area contributed by atoms with E-state index >= 15 is 0 Å². The zero-order chi connectivity index (χ0) is 35.7. The third-order valence-corrected chi connectivity index (χ3v) is 15.3. The Kier molecular flexibility index (Phi) is 14.3. The van der Waals surface area contributed by atoms with Crippen molar-refractivity contribution in [2.45, 2.75) is 76.9 Å². The highest BCUT2D eigenvalue weighted by molar-refractivity contribution is 7.21. The van der Waals surface area contributed by atoms with Gasteiger partial charge in [0.1, 0.15) is 0 Å². The van der Waals surface area contributed by atoms with Crippen LogP contribution in [0.2, 0.25) is 20.1 Å². The number of hydrogen-bond donors (Lipinski definition) is 1. The summed E-state index contributed by atoms with van der Waals surface area (Å²) in [7, 11) is 0. The summed E-state index contributed by atoms with van der Waals surface area (Å²) >= 11 is 27.2. The highest BCUT2D eigenvalue weighted by Gasteiger charge is 2.48. The van der Waals surface area contributed by atoms with Gasteiger partial charge in [-0.25, -0.2) is 0 Å². The SMILES string of the molecule is CC1(C)[C@H](CC(=O)c2cc3ccc(Cl)c(Cl)c3s2)C2CCN1CC2.CC1(C)[C@H](N)C2CCN1CC2.Cl.Clc1ccc2ccsc2c1Cl.O=C=O. The minimum atomic E-state index is 0. The Morgan fingerprint density at radius 1 is 0.800 bits per heavy atom. The molecule has 13 heteroatoms. The smallest absolute Gasteiger partial charge is 0.326 e. The largest absolute Gasteiger partial charge is 0.373 e. The lowest BCUT2D eigenvalue weighted by atomic mass is 9.65. The van der Waals surface area contributed by atoms with Crippen molar-refractivity contribution >= 4 is 114 Å².